The minimum atomic E-state index is 0.557. The predicted molar refractivity (Wildman–Crippen MR) is 75.8 cm³/mol. The Hall–Kier alpha value is -0.120. The van der Waals surface area contributed by atoms with Gasteiger partial charge in [-0.1, -0.05) is 26.7 Å². The van der Waals surface area contributed by atoms with Crippen LogP contribution in [0.3, 0.4) is 0 Å². The van der Waals surface area contributed by atoms with Gasteiger partial charge in [0.25, 0.3) is 0 Å². The van der Waals surface area contributed by atoms with Gasteiger partial charge in [0.1, 0.15) is 0 Å². The van der Waals surface area contributed by atoms with Gasteiger partial charge in [0.2, 0.25) is 0 Å². The Morgan fingerprint density at radius 2 is 1.94 bits per heavy atom. The van der Waals surface area contributed by atoms with Crippen LogP contribution in [-0.4, -0.2) is 50.3 Å². The van der Waals surface area contributed by atoms with Crippen LogP contribution in [0.4, 0.5) is 0 Å². The third-order valence-electron chi connectivity index (χ3n) is 4.48. The molecule has 1 saturated carbocycles. The molecule has 1 saturated heterocycles. The Kier molecular flexibility index (Phi) is 5.46. The summed E-state index contributed by atoms with van der Waals surface area (Å²) in [4.78, 5) is 2.75. The Balaban J connectivity index is 1.91. The van der Waals surface area contributed by atoms with Crippen LogP contribution in [0.25, 0.3) is 0 Å². The highest BCUT2D eigenvalue weighted by atomic mass is 16.5. The molecule has 2 atom stereocenters. The van der Waals surface area contributed by atoms with Crippen LogP contribution in [-0.2, 0) is 4.74 Å². The Labute approximate surface area is 112 Å². The molecule has 2 rings (SSSR count). The van der Waals surface area contributed by atoms with Crippen molar-refractivity contribution >= 4 is 0 Å². The SMILES string of the molecule is CNC1COCC1CN(CC(C)C)C1CCCC1. The number of likely N-dealkylation sites (N-methyl/N-ethyl adjacent to an activating group) is 1. The van der Waals surface area contributed by atoms with E-state index in [1.54, 1.807) is 0 Å². The van der Waals surface area contributed by atoms with Gasteiger partial charge in [0.15, 0.2) is 0 Å². The maximum Gasteiger partial charge on any atom is 0.0623 e. The van der Waals surface area contributed by atoms with Gasteiger partial charge >= 0.3 is 0 Å². The maximum atomic E-state index is 5.64. The van der Waals surface area contributed by atoms with E-state index in [2.05, 4.69) is 31.1 Å². The Morgan fingerprint density at radius 3 is 2.56 bits per heavy atom. The number of hydrogen-bond donors (Lipinski definition) is 1. The summed E-state index contributed by atoms with van der Waals surface area (Å²) >= 11 is 0. The summed E-state index contributed by atoms with van der Waals surface area (Å²) in [6.07, 6.45) is 5.67. The van der Waals surface area contributed by atoms with Crippen molar-refractivity contribution in [2.24, 2.45) is 11.8 Å². The average molecular weight is 254 g/mol. The zero-order valence-electron chi connectivity index (χ0n) is 12.3. The fraction of sp³-hybridized carbons (Fsp3) is 1.00. The molecule has 0 amide bonds. The third kappa shape index (κ3) is 3.69. The van der Waals surface area contributed by atoms with Crippen LogP contribution in [0, 0.1) is 11.8 Å². The van der Waals surface area contributed by atoms with Crippen molar-refractivity contribution in [3.63, 3.8) is 0 Å². The first kappa shape index (κ1) is 14.3. The van der Waals surface area contributed by atoms with Gasteiger partial charge in [-0.3, -0.25) is 4.90 Å². The molecule has 2 fully saturated rings. The molecule has 0 radical (unpaired) electrons. The molecule has 0 aromatic rings. The van der Waals surface area contributed by atoms with Crippen molar-refractivity contribution in [3.8, 4) is 0 Å². The summed E-state index contributed by atoms with van der Waals surface area (Å²) in [6.45, 7) is 8.96. The van der Waals surface area contributed by atoms with Crippen LogP contribution >= 0.6 is 0 Å². The van der Waals surface area contributed by atoms with Gasteiger partial charge in [-0.15, -0.1) is 0 Å². The minimum Gasteiger partial charge on any atom is -0.379 e. The Morgan fingerprint density at radius 1 is 1.22 bits per heavy atom. The smallest absolute Gasteiger partial charge is 0.0623 e. The highest BCUT2D eigenvalue weighted by molar-refractivity contribution is 4.86. The van der Waals surface area contributed by atoms with Gasteiger partial charge < -0.3 is 10.1 Å². The highest BCUT2D eigenvalue weighted by Gasteiger charge is 2.31. The lowest BCUT2D eigenvalue weighted by Gasteiger charge is -2.33. The van der Waals surface area contributed by atoms with E-state index >= 15 is 0 Å². The largest absolute Gasteiger partial charge is 0.379 e. The van der Waals surface area contributed by atoms with Crippen molar-refractivity contribution in [1.82, 2.24) is 10.2 Å². The number of hydrogen-bond acceptors (Lipinski definition) is 3. The van der Waals surface area contributed by atoms with Gasteiger partial charge in [-0.2, -0.15) is 0 Å². The highest BCUT2D eigenvalue weighted by Crippen LogP contribution is 2.26. The molecule has 2 unspecified atom stereocenters. The summed E-state index contributed by atoms with van der Waals surface area (Å²) in [5, 5.41) is 3.41. The molecule has 0 bridgehead atoms. The maximum absolute atomic E-state index is 5.64. The summed E-state index contributed by atoms with van der Waals surface area (Å²) < 4.78 is 5.64. The molecule has 3 nitrogen and oxygen atoms in total. The standard InChI is InChI=1S/C15H30N2O/c1-12(2)8-17(14-6-4-5-7-14)9-13-10-18-11-15(13)16-3/h12-16H,4-11H2,1-3H3. The molecule has 18 heavy (non-hydrogen) atoms. The molecule has 1 aliphatic carbocycles. The lowest BCUT2D eigenvalue weighted by atomic mass is 10.0. The summed E-state index contributed by atoms with van der Waals surface area (Å²) in [7, 11) is 2.06. The summed E-state index contributed by atoms with van der Waals surface area (Å²) in [5.41, 5.74) is 0. The van der Waals surface area contributed by atoms with Crippen LogP contribution in [0.1, 0.15) is 39.5 Å². The van der Waals surface area contributed by atoms with Crippen LogP contribution in [0.2, 0.25) is 0 Å². The lowest BCUT2D eigenvalue weighted by molar-refractivity contribution is 0.131. The third-order valence-corrected chi connectivity index (χ3v) is 4.48. The first-order valence-corrected chi connectivity index (χ1v) is 7.69. The molecule has 2 aliphatic rings. The first-order valence-electron chi connectivity index (χ1n) is 7.69. The number of nitrogens with zero attached hydrogens (tertiary/aromatic N) is 1. The van der Waals surface area contributed by atoms with Gasteiger partial charge in [-0.25, -0.2) is 0 Å². The van der Waals surface area contributed by atoms with Crippen molar-refractivity contribution in [1.29, 1.82) is 0 Å². The quantitative estimate of drug-likeness (QED) is 0.786. The topological polar surface area (TPSA) is 24.5 Å². The second-order valence-corrected chi connectivity index (χ2v) is 6.48. The lowest BCUT2D eigenvalue weighted by Crippen LogP contribution is -2.44. The number of ether oxygens (including phenoxy) is 1. The van der Waals surface area contributed by atoms with Crippen molar-refractivity contribution in [2.45, 2.75) is 51.6 Å². The molecule has 0 aromatic carbocycles. The van der Waals surface area contributed by atoms with E-state index in [0.717, 1.165) is 25.2 Å². The van der Waals surface area contributed by atoms with E-state index in [1.165, 1.54) is 38.8 Å². The van der Waals surface area contributed by atoms with Crippen LogP contribution in [0.15, 0.2) is 0 Å². The molecule has 3 heteroatoms. The van der Waals surface area contributed by atoms with Crippen molar-refractivity contribution in [3.05, 3.63) is 0 Å². The van der Waals surface area contributed by atoms with E-state index in [-0.39, 0.29) is 0 Å². The molecule has 1 heterocycles. The molecule has 0 spiro atoms. The second-order valence-electron chi connectivity index (χ2n) is 6.48. The second kappa shape index (κ2) is 6.88. The fourth-order valence-corrected chi connectivity index (χ4v) is 3.51. The van der Waals surface area contributed by atoms with E-state index in [4.69, 9.17) is 4.74 Å². The van der Waals surface area contributed by atoms with E-state index < -0.39 is 0 Å². The molecule has 0 aromatic heterocycles. The van der Waals surface area contributed by atoms with E-state index in [0.29, 0.717) is 12.0 Å². The zero-order chi connectivity index (χ0) is 13.0. The predicted octanol–water partition coefficient (Wildman–Crippen LogP) is 2.12. The van der Waals surface area contributed by atoms with Gasteiger partial charge in [-0.05, 0) is 25.8 Å². The molecule has 1 N–H and O–H groups in total. The van der Waals surface area contributed by atoms with Crippen molar-refractivity contribution in [2.75, 3.05) is 33.4 Å². The minimum absolute atomic E-state index is 0.557. The van der Waals surface area contributed by atoms with E-state index in [9.17, 15) is 0 Å². The summed E-state index contributed by atoms with van der Waals surface area (Å²) in [5.74, 6) is 1.44. The first-order chi connectivity index (χ1) is 8.70. The van der Waals surface area contributed by atoms with E-state index in [1.807, 2.05) is 0 Å². The average Bonchev–Trinajstić information content (AvgIpc) is 2.98. The number of nitrogens with one attached hydrogen (secondary N) is 1. The fourth-order valence-electron chi connectivity index (χ4n) is 3.51. The monoisotopic (exact) mass is 254 g/mol. The van der Waals surface area contributed by atoms with Gasteiger partial charge in [0.05, 0.1) is 13.2 Å². The molecule has 106 valence electrons. The molecular formula is C15H30N2O. The molecule has 1 aliphatic heterocycles. The van der Waals surface area contributed by atoms with Crippen LogP contribution < -0.4 is 5.32 Å². The Bertz CT molecular complexity index is 239. The number of rotatable bonds is 6. The molecular weight excluding hydrogens is 224 g/mol. The normalized spacial score (nSPS) is 29.8. The summed E-state index contributed by atoms with van der Waals surface area (Å²) in [6, 6.07) is 1.39. The van der Waals surface area contributed by atoms with Gasteiger partial charge in [0, 0.05) is 31.1 Å². The van der Waals surface area contributed by atoms with Crippen LogP contribution in [0.5, 0.6) is 0 Å². The zero-order valence-corrected chi connectivity index (χ0v) is 12.3. The van der Waals surface area contributed by atoms with Crippen molar-refractivity contribution < 1.29 is 4.74 Å².